The number of amides is 2. The number of anilines is 1. The van der Waals surface area contributed by atoms with Gasteiger partial charge in [-0.3, -0.25) is 9.59 Å². The molecule has 3 heterocycles. The summed E-state index contributed by atoms with van der Waals surface area (Å²) >= 11 is 1.57. The van der Waals surface area contributed by atoms with Gasteiger partial charge >= 0.3 is 0 Å². The Morgan fingerprint density at radius 3 is 2.90 bits per heavy atom. The summed E-state index contributed by atoms with van der Waals surface area (Å²) in [6, 6.07) is 11.3. The third-order valence-corrected chi connectivity index (χ3v) is 5.67. The summed E-state index contributed by atoms with van der Waals surface area (Å²) in [5, 5.41) is 10.8. The van der Waals surface area contributed by atoms with E-state index in [1.165, 1.54) is 0 Å². The van der Waals surface area contributed by atoms with Crippen LogP contribution in [0.25, 0.3) is 11.4 Å². The fraction of sp³-hybridized carbons (Fsp3) is 0.333. The molecule has 1 fully saturated rings. The van der Waals surface area contributed by atoms with Gasteiger partial charge < -0.3 is 14.7 Å². The zero-order chi connectivity index (χ0) is 20.1. The molecule has 8 heteroatoms. The Kier molecular flexibility index (Phi) is 6.00. The van der Waals surface area contributed by atoms with Crippen LogP contribution in [0, 0.1) is 5.92 Å². The average Bonchev–Trinajstić information content (AvgIpc) is 3.45. The fourth-order valence-corrected chi connectivity index (χ4v) is 4.06. The summed E-state index contributed by atoms with van der Waals surface area (Å²) < 4.78 is 5.26. The van der Waals surface area contributed by atoms with Gasteiger partial charge in [0.2, 0.25) is 23.5 Å². The number of likely N-dealkylation sites (tertiary alicyclic amines) is 1. The molecule has 0 aliphatic carbocycles. The molecule has 150 valence electrons. The molecule has 1 saturated heterocycles. The van der Waals surface area contributed by atoms with Crippen molar-refractivity contribution >= 4 is 28.8 Å². The lowest BCUT2D eigenvalue weighted by atomic mass is 9.96. The molecule has 1 N–H and O–H groups in total. The largest absolute Gasteiger partial charge is 0.342 e. The van der Waals surface area contributed by atoms with Crippen molar-refractivity contribution in [1.82, 2.24) is 15.0 Å². The molecule has 1 aromatic carbocycles. The Morgan fingerprint density at radius 1 is 1.24 bits per heavy atom. The van der Waals surface area contributed by atoms with Crippen LogP contribution in [-0.4, -0.2) is 39.9 Å². The second kappa shape index (κ2) is 9.00. The average molecular weight is 410 g/mol. The van der Waals surface area contributed by atoms with E-state index in [0.29, 0.717) is 31.2 Å². The monoisotopic (exact) mass is 410 g/mol. The number of aryl methyl sites for hydroxylation is 1. The molecule has 1 aliphatic rings. The highest BCUT2D eigenvalue weighted by atomic mass is 32.1. The number of aromatic nitrogens is 2. The topological polar surface area (TPSA) is 88.3 Å². The molecule has 0 spiro atoms. The first kappa shape index (κ1) is 19.3. The highest BCUT2D eigenvalue weighted by Crippen LogP contribution is 2.21. The Hall–Kier alpha value is -3.00. The SMILES string of the molecule is O=C(Nc1ccccc1)C1CCCN(C(=O)CCc2nc(-c3ccsc3)no2)C1. The van der Waals surface area contributed by atoms with Crippen LogP contribution in [0.15, 0.2) is 51.7 Å². The summed E-state index contributed by atoms with van der Waals surface area (Å²) in [5.74, 6) is 0.782. The number of carbonyl (C=O) groups excluding carboxylic acids is 2. The van der Waals surface area contributed by atoms with Crippen molar-refractivity contribution in [3.8, 4) is 11.4 Å². The number of hydrogen-bond donors (Lipinski definition) is 1. The van der Waals surface area contributed by atoms with Crippen LogP contribution in [0.4, 0.5) is 5.69 Å². The number of para-hydroxylation sites is 1. The third-order valence-electron chi connectivity index (χ3n) is 4.99. The van der Waals surface area contributed by atoms with Crippen LogP contribution < -0.4 is 5.32 Å². The predicted octanol–water partition coefficient (Wildman–Crippen LogP) is 3.61. The van der Waals surface area contributed by atoms with Crippen LogP contribution in [0.5, 0.6) is 0 Å². The highest BCUT2D eigenvalue weighted by Gasteiger charge is 2.28. The summed E-state index contributed by atoms with van der Waals surface area (Å²) in [6.45, 7) is 1.12. The van der Waals surface area contributed by atoms with Gasteiger partial charge in [0.25, 0.3) is 0 Å². The van der Waals surface area contributed by atoms with Crippen molar-refractivity contribution in [2.75, 3.05) is 18.4 Å². The van der Waals surface area contributed by atoms with Crippen molar-refractivity contribution in [2.24, 2.45) is 5.92 Å². The van der Waals surface area contributed by atoms with Crippen LogP contribution in [0.3, 0.4) is 0 Å². The standard InChI is InChI=1S/C21H22N4O3S/c26-19(9-8-18-23-20(24-28-18)16-10-12-29-14-16)25-11-4-5-15(13-25)21(27)22-17-6-2-1-3-7-17/h1-3,6-7,10,12,14-15H,4-5,8-9,11,13H2,(H,22,27). The van der Waals surface area contributed by atoms with Crippen LogP contribution in [0.2, 0.25) is 0 Å². The lowest BCUT2D eigenvalue weighted by molar-refractivity contribution is -0.134. The molecule has 0 saturated carbocycles. The zero-order valence-corrected chi connectivity index (χ0v) is 16.7. The van der Waals surface area contributed by atoms with Crippen molar-refractivity contribution in [3.63, 3.8) is 0 Å². The number of carbonyl (C=O) groups is 2. The van der Waals surface area contributed by atoms with Gasteiger partial charge in [0, 0.05) is 42.6 Å². The number of hydrogen-bond acceptors (Lipinski definition) is 6. The first-order chi connectivity index (χ1) is 14.2. The molecule has 2 amide bonds. The van der Waals surface area contributed by atoms with E-state index in [4.69, 9.17) is 4.52 Å². The zero-order valence-electron chi connectivity index (χ0n) is 15.9. The maximum absolute atomic E-state index is 12.6. The van der Waals surface area contributed by atoms with Crippen LogP contribution >= 0.6 is 11.3 Å². The van der Waals surface area contributed by atoms with Crippen LogP contribution in [0.1, 0.15) is 25.2 Å². The van der Waals surface area contributed by atoms with E-state index in [-0.39, 0.29) is 24.2 Å². The van der Waals surface area contributed by atoms with E-state index in [2.05, 4.69) is 15.5 Å². The van der Waals surface area contributed by atoms with Gasteiger partial charge in [0.15, 0.2) is 0 Å². The van der Waals surface area contributed by atoms with Gasteiger partial charge in [0.1, 0.15) is 0 Å². The first-order valence-electron chi connectivity index (χ1n) is 9.68. The molecule has 1 atom stereocenters. The lowest BCUT2D eigenvalue weighted by Gasteiger charge is -2.32. The molecule has 29 heavy (non-hydrogen) atoms. The van der Waals surface area contributed by atoms with E-state index in [1.807, 2.05) is 47.2 Å². The number of rotatable bonds is 6. The molecule has 2 aromatic heterocycles. The maximum atomic E-state index is 12.6. The Labute approximate surface area is 172 Å². The normalized spacial score (nSPS) is 16.6. The molecule has 7 nitrogen and oxygen atoms in total. The minimum absolute atomic E-state index is 0.0116. The van der Waals surface area contributed by atoms with Crippen molar-refractivity contribution in [2.45, 2.75) is 25.7 Å². The van der Waals surface area contributed by atoms with E-state index in [1.54, 1.807) is 16.2 Å². The molecule has 4 rings (SSSR count). The number of piperidine rings is 1. The summed E-state index contributed by atoms with van der Waals surface area (Å²) in [7, 11) is 0. The Balaban J connectivity index is 1.29. The van der Waals surface area contributed by atoms with Gasteiger partial charge in [-0.2, -0.15) is 16.3 Å². The minimum Gasteiger partial charge on any atom is -0.342 e. The third kappa shape index (κ3) is 4.89. The van der Waals surface area contributed by atoms with Gasteiger partial charge in [-0.15, -0.1) is 0 Å². The van der Waals surface area contributed by atoms with E-state index >= 15 is 0 Å². The maximum Gasteiger partial charge on any atom is 0.229 e. The molecule has 0 radical (unpaired) electrons. The van der Waals surface area contributed by atoms with Crippen LogP contribution in [-0.2, 0) is 16.0 Å². The van der Waals surface area contributed by atoms with Crippen molar-refractivity contribution in [3.05, 3.63) is 53.0 Å². The summed E-state index contributed by atoms with van der Waals surface area (Å²) in [6.07, 6.45) is 2.29. The molecule has 1 unspecified atom stereocenters. The summed E-state index contributed by atoms with van der Waals surface area (Å²) in [5.41, 5.74) is 1.69. The highest BCUT2D eigenvalue weighted by molar-refractivity contribution is 7.08. The Bertz CT molecular complexity index is 955. The molecular formula is C21H22N4O3S. The van der Waals surface area contributed by atoms with Gasteiger partial charge in [-0.1, -0.05) is 23.4 Å². The number of nitrogens with zero attached hydrogens (tertiary/aromatic N) is 3. The molecule has 1 aliphatic heterocycles. The molecule has 3 aromatic rings. The van der Waals surface area contributed by atoms with Gasteiger partial charge in [0.05, 0.1) is 5.92 Å². The van der Waals surface area contributed by atoms with Gasteiger partial charge in [-0.05, 0) is 36.4 Å². The first-order valence-corrected chi connectivity index (χ1v) is 10.6. The predicted molar refractivity (Wildman–Crippen MR) is 110 cm³/mol. The molecule has 0 bridgehead atoms. The number of nitrogens with one attached hydrogen (secondary N) is 1. The second-order valence-corrected chi connectivity index (χ2v) is 7.84. The van der Waals surface area contributed by atoms with E-state index in [0.717, 1.165) is 24.1 Å². The summed E-state index contributed by atoms with van der Waals surface area (Å²) in [4.78, 5) is 31.3. The van der Waals surface area contributed by atoms with Crippen molar-refractivity contribution in [1.29, 1.82) is 0 Å². The fourth-order valence-electron chi connectivity index (χ4n) is 3.42. The second-order valence-electron chi connectivity index (χ2n) is 7.06. The minimum atomic E-state index is -0.193. The molecular weight excluding hydrogens is 388 g/mol. The van der Waals surface area contributed by atoms with E-state index < -0.39 is 0 Å². The van der Waals surface area contributed by atoms with E-state index in [9.17, 15) is 9.59 Å². The Morgan fingerprint density at radius 2 is 2.10 bits per heavy atom. The quantitative estimate of drug-likeness (QED) is 0.671. The van der Waals surface area contributed by atoms with Crippen molar-refractivity contribution < 1.29 is 14.1 Å². The lowest BCUT2D eigenvalue weighted by Crippen LogP contribution is -2.43. The number of thiophene rings is 1. The van der Waals surface area contributed by atoms with Gasteiger partial charge in [-0.25, -0.2) is 0 Å². The smallest absolute Gasteiger partial charge is 0.229 e. The number of benzene rings is 1.